The molecule has 0 radical (unpaired) electrons. The van der Waals surface area contributed by atoms with Crippen molar-refractivity contribution in [3.05, 3.63) is 35.4 Å². The van der Waals surface area contributed by atoms with E-state index >= 15 is 0 Å². The van der Waals surface area contributed by atoms with Crippen LogP contribution in [0.2, 0.25) is 0 Å². The van der Waals surface area contributed by atoms with Crippen molar-refractivity contribution in [2.24, 2.45) is 5.92 Å². The van der Waals surface area contributed by atoms with Gasteiger partial charge in [0.2, 0.25) is 0 Å². The maximum atomic E-state index is 3.47. The van der Waals surface area contributed by atoms with Crippen LogP contribution >= 0.6 is 0 Å². The van der Waals surface area contributed by atoms with Gasteiger partial charge < -0.3 is 5.32 Å². The highest BCUT2D eigenvalue weighted by molar-refractivity contribution is 5.22. The van der Waals surface area contributed by atoms with Gasteiger partial charge in [-0.05, 0) is 29.9 Å². The topological polar surface area (TPSA) is 15.3 Å². The van der Waals surface area contributed by atoms with Crippen LogP contribution in [-0.4, -0.2) is 23.5 Å². The van der Waals surface area contributed by atoms with E-state index in [1.807, 2.05) is 0 Å². The second kappa shape index (κ2) is 7.24. The Kier molecular flexibility index (Phi) is 5.62. The summed E-state index contributed by atoms with van der Waals surface area (Å²) in [6.45, 7) is 12.3. The summed E-state index contributed by atoms with van der Waals surface area (Å²) in [5, 5.41) is 3.47. The van der Waals surface area contributed by atoms with E-state index in [2.05, 4.69) is 62.2 Å². The van der Waals surface area contributed by atoms with Crippen LogP contribution in [0.4, 0.5) is 0 Å². The lowest BCUT2D eigenvalue weighted by atomic mass is 10.1. The molecule has 0 amide bonds. The molecule has 0 aromatic heterocycles. The van der Waals surface area contributed by atoms with Gasteiger partial charge in [0.05, 0.1) is 0 Å². The Balaban J connectivity index is 1.88. The van der Waals surface area contributed by atoms with Crippen molar-refractivity contribution in [1.29, 1.82) is 0 Å². The van der Waals surface area contributed by atoms with Crippen LogP contribution < -0.4 is 5.32 Å². The number of rotatable bonds is 8. The first-order chi connectivity index (χ1) is 9.54. The molecule has 2 nitrogen and oxygen atoms in total. The highest BCUT2D eigenvalue weighted by Gasteiger charge is 2.29. The summed E-state index contributed by atoms with van der Waals surface area (Å²) in [6, 6.07) is 10.5. The van der Waals surface area contributed by atoms with E-state index in [-0.39, 0.29) is 0 Å². The van der Waals surface area contributed by atoms with Crippen molar-refractivity contribution in [2.45, 2.75) is 65.7 Å². The summed E-state index contributed by atoms with van der Waals surface area (Å²) in [5.74, 6) is 0.755. The smallest absolute Gasteiger partial charge is 0.0236 e. The second-order valence-corrected chi connectivity index (χ2v) is 6.91. The van der Waals surface area contributed by atoms with E-state index in [4.69, 9.17) is 0 Å². The average molecular weight is 274 g/mol. The van der Waals surface area contributed by atoms with Crippen LogP contribution in [0, 0.1) is 5.92 Å². The molecule has 2 heteroatoms. The molecular formula is C18H30N2. The van der Waals surface area contributed by atoms with Crippen LogP contribution in [-0.2, 0) is 13.1 Å². The lowest BCUT2D eigenvalue weighted by Gasteiger charge is -2.24. The maximum Gasteiger partial charge on any atom is 0.0236 e. The minimum absolute atomic E-state index is 0.547. The molecule has 1 aliphatic carbocycles. The summed E-state index contributed by atoms with van der Waals surface area (Å²) in [4.78, 5) is 2.66. The fourth-order valence-electron chi connectivity index (χ4n) is 2.57. The second-order valence-electron chi connectivity index (χ2n) is 6.91. The van der Waals surface area contributed by atoms with Gasteiger partial charge in [0.15, 0.2) is 0 Å². The Bertz CT molecular complexity index is 390. The lowest BCUT2D eigenvalue weighted by molar-refractivity contribution is 0.226. The third-order valence-electron chi connectivity index (χ3n) is 3.79. The van der Waals surface area contributed by atoms with Gasteiger partial charge in [-0.2, -0.15) is 0 Å². The van der Waals surface area contributed by atoms with Crippen LogP contribution in [0.15, 0.2) is 24.3 Å². The standard InChI is InChI=1S/C18H30N2/c1-14(2)12-20(18-9-10-18)13-17-7-5-16(6-8-17)11-19-15(3)4/h5-8,14-15,18-19H,9-13H2,1-4H3. The first-order valence-corrected chi connectivity index (χ1v) is 8.10. The van der Waals surface area contributed by atoms with E-state index < -0.39 is 0 Å². The monoisotopic (exact) mass is 274 g/mol. The zero-order valence-electron chi connectivity index (χ0n) is 13.5. The Morgan fingerprint density at radius 3 is 2.15 bits per heavy atom. The fourth-order valence-corrected chi connectivity index (χ4v) is 2.57. The molecule has 20 heavy (non-hydrogen) atoms. The van der Waals surface area contributed by atoms with Crippen molar-refractivity contribution < 1.29 is 0 Å². The highest BCUT2D eigenvalue weighted by atomic mass is 15.2. The summed E-state index contributed by atoms with van der Waals surface area (Å²) < 4.78 is 0. The molecule has 1 fully saturated rings. The van der Waals surface area contributed by atoms with E-state index in [0.717, 1.165) is 25.0 Å². The van der Waals surface area contributed by atoms with Crippen LogP contribution in [0.1, 0.15) is 51.7 Å². The van der Waals surface area contributed by atoms with Gasteiger partial charge in [-0.3, -0.25) is 4.90 Å². The molecule has 1 aromatic rings. The van der Waals surface area contributed by atoms with E-state index in [1.54, 1.807) is 0 Å². The molecule has 0 bridgehead atoms. The Labute approximate surface area is 124 Å². The molecule has 0 aliphatic heterocycles. The van der Waals surface area contributed by atoms with Gasteiger partial charge in [0.1, 0.15) is 0 Å². The average Bonchev–Trinajstić information content (AvgIpc) is 3.21. The molecule has 0 spiro atoms. The Hall–Kier alpha value is -0.860. The molecule has 1 N–H and O–H groups in total. The molecule has 0 heterocycles. The zero-order valence-corrected chi connectivity index (χ0v) is 13.5. The van der Waals surface area contributed by atoms with Crippen molar-refractivity contribution in [2.75, 3.05) is 6.54 Å². The molecule has 1 saturated carbocycles. The number of nitrogens with one attached hydrogen (secondary N) is 1. The first-order valence-electron chi connectivity index (χ1n) is 8.10. The molecule has 1 aromatic carbocycles. The number of hydrogen-bond donors (Lipinski definition) is 1. The molecular weight excluding hydrogens is 244 g/mol. The highest BCUT2D eigenvalue weighted by Crippen LogP contribution is 2.29. The Morgan fingerprint density at radius 1 is 1.05 bits per heavy atom. The number of nitrogens with zero attached hydrogens (tertiary/aromatic N) is 1. The SMILES string of the molecule is CC(C)CN(Cc1ccc(CNC(C)C)cc1)C1CC1. The van der Waals surface area contributed by atoms with E-state index in [9.17, 15) is 0 Å². The van der Waals surface area contributed by atoms with Crippen molar-refractivity contribution >= 4 is 0 Å². The summed E-state index contributed by atoms with van der Waals surface area (Å²) >= 11 is 0. The molecule has 2 rings (SSSR count). The molecule has 0 unspecified atom stereocenters. The predicted octanol–water partition coefficient (Wildman–Crippen LogP) is 3.81. The molecule has 0 atom stereocenters. The van der Waals surface area contributed by atoms with Gasteiger partial charge >= 0.3 is 0 Å². The largest absolute Gasteiger partial charge is 0.310 e. The summed E-state index contributed by atoms with van der Waals surface area (Å²) in [5.41, 5.74) is 2.83. The van der Waals surface area contributed by atoms with Gasteiger partial charge in [-0.25, -0.2) is 0 Å². The fraction of sp³-hybridized carbons (Fsp3) is 0.667. The number of hydrogen-bond acceptors (Lipinski definition) is 2. The molecule has 0 saturated heterocycles. The lowest BCUT2D eigenvalue weighted by Crippen LogP contribution is -2.29. The van der Waals surface area contributed by atoms with Gasteiger partial charge in [-0.1, -0.05) is 52.0 Å². The minimum Gasteiger partial charge on any atom is -0.310 e. The zero-order chi connectivity index (χ0) is 14.5. The minimum atomic E-state index is 0.547. The third-order valence-corrected chi connectivity index (χ3v) is 3.79. The maximum absolute atomic E-state index is 3.47. The van der Waals surface area contributed by atoms with Crippen LogP contribution in [0.3, 0.4) is 0 Å². The van der Waals surface area contributed by atoms with Gasteiger partial charge in [-0.15, -0.1) is 0 Å². The third kappa shape index (κ3) is 5.26. The summed E-state index contributed by atoms with van der Waals surface area (Å²) in [6.07, 6.45) is 2.78. The van der Waals surface area contributed by atoms with Crippen molar-refractivity contribution in [3.63, 3.8) is 0 Å². The van der Waals surface area contributed by atoms with Gasteiger partial charge in [0, 0.05) is 31.7 Å². The van der Waals surface area contributed by atoms with E-state index in [0.29, 0.717) is 6.04 Å². The van der Waals surface area contributed by atoms with Gasteiger partial charge in [0.25, 0.3) is 0 Å². The van der Waals surface area contributed by atoms with Crippen molar-refractivity contribution in [1.82, 2.24) is 10.2 Å². The van der Waals surface area contributed by atoms with Crippen LogP contribution in [0.5, 0.6) is 0 Å². The summed E-state index contributed by atoms with van der Waals surface area (Å²) in [7, 11) is 0. The molecule has 1 aliphatic rings. The Morgan fingerprint density at radius 2 is 1.65 bits per heavy atom. The van der Waals surface area contributed by atoms with Crippen LogP contribution in [0.25, 0.3) is 0 Å². The normalized spacial score (nSPS) is 15.6. The predicted molar refractivity (Wildman–Crippen MR) is 86.7 cm³/mol. The van der Waals surface area contributed by atoms with Crippen molar-refractivity contribution in [3.8, 4) is 0 Å². The van der Waals surface area contributed by atoms with E-state index in [1.165, 1.54) is 30.5 Å². The number of benzene rings is 1. The first kappa shape index (κ1) is 15.5. The quantitative estimate of drug-likeness (QED) is 0.775. The molecule has 112 valence electrons.